The molecule has 0 spiro atoms. The van der Waals surface area contributed by atoms with Crippen molar-refractivity contribution >= 4 is 35.7 Å². The van der Waals surface area contributed by atoms with Crippen molar-refractivity contribution in [2.75, 3.05) is 26.2 Å². The van der Waals surface area contributed by atoms with Crippen LogP contribution < -0.4 is 5.32 Å². The molecule has 5 heteroatoms. The Balaban J connectivity index is 0.00000220. The lowest BCUT2D eigenvalue weighted by molar-refractivity contribution is 0.298. The highest BCUT2D eigenvalue weighted by Gasteiger charge is 2.05. The van der Waals surface area contributed by atoms with Gasteiger partial charge in [0.05, 0.1) is 0 Å². The largest absolute Gasteiger partial charge is 0.350 e. The van der Waals surface area contributed by atoms with Crippen molar-refractivity contribution in [3.8, 4) is 0 Å². The van der Waals surface area contributed by atoms with E-state index in [0.717, 1.165) is 26.2 Å². The van der Waals surface area contributed by atoms with Crippen LogP contribution in [-0.2, 0) is 13.6 Å². The van der Waals surface area contributed by atoms with E-state index in [1.807, 2.05) is 0 Å². The van der Waals surface area contributed by atoms with E-state index in [1.54, 1.807) is 0 Å². The van der Waals surface area contributed by atoms with Gasteiger partial charge in [0.2, 0.25) is 0 Å². The monoisotopic (exact) mass is 345 g/mol. The van der Waals surface area contributed by atoms with Crippen LogP contribution in [0.4, 0.5) is 0 Å². The average Bonchev–Trinajstić information content (AvgIpc) is 2.80. The molecule has 0 aliphatic rings. The summed E-state index contributed by atoms with van der Waals surface area (Å²) in [7, 11) is 2.12. The summed E-state index contributed by atoms with van der Waals surface area (Å²) in [6.07, 6.45) is 3.45. The van der Waals surface area contributed by atoms with Crippen molar-refractivity contribution in [1.82, 2.24) is 14.8 Å². The molecule has 0 radical (unpaired) electrons. The van der Waals surface area contributed by atoms with Gasteiger partial charge in [-0.15, -0.1) is 24.8 Å². The molecule has 0 aliphatic heterocycles. The molecule has 0 bridgehead atoms. The molecule has 1 heterocycles. The zero-order valence-electron chi connectivity index (χ0n) is 13.8. The third kappa shape index (κ3) is 5.47. The number of halogens is 2. The van der Waals surface area contributed by atoms with Crippen LogP contribution in [0.25, 0.3) is 10.9 Å². The second-order valence-corrected chi connectivity index (χ2v) is 5.34. The number of fused-ring (bicyclic) bond motifs is 1. The standard InChI is InChI=1S/C17H27N3.2ClH/c1-4-20(5-2)12-8-11-18-13-15-14-19(3)17-10-7-6-9-16(15)17;;/h6-7,9-10,14,18H,4-5,8,11-13H2,1-3H3;2*1H. The first kappa shape index (κ1) is 21.3. The predicted octanol–water partition coefficient (Wildman–Crippen LogP) is 3.84. The van der Waals surface area contributed by atoms with Crippen LogP contribution in [-0.4, -0.2) is 35.6 Å². The number of benzene rings is 1. The molecule has 0 saturated heterocycles. The van der Waals surface area contributed by atoms with Crippen molar-refractivity contribution in [3.05, 3.63) is 36.0 Å². The number of nitrogens with one attached hydrogen (secondary N) is 1. The van der Waals surface area contributed by atoms with E-state index >= 15 is 0 Å². The summed E-state index contributed by atoms with van der Waals surface area (Å²) in [4.78, 5) is 2.47. The maximum atomic E-state index is 3.57. The average molecular weight is 346 g/mol. The number of nitrogens with zero attached hydrogens (tertiary/aromatic N) is 2. The van der Waals surface area contributed by atoms with Crippen LogP contribution in [0.3, 0.4) is 0 Å². The maximum Gasteiger partial charge on any atom is 0.0481 e. The van der Waals surface area contributed by atoms with Crippen molar-refractivity contribution in [3.63, 3.8) is 0 Å². The quantitative estimate of drug-likeness (QED) is 0.733. The number of hydrogen-bond donors (Lipinski definition) is 1. The maximum absolute atomic E-state index is 3.57. The van der Waals surface area contributed by atoms with Gasteiger partial charge in [0.15, 0.2) is 0 Å². The molecule has 0 saturated carbocycles. The number of aryl methyl sites for hydroxylation is 1. The van der Waals surface area contributed by atoms with Gasteiger partial charge in [-0.25, -0.2) is 0 Å². The Morgan fingerprint density at radius 3 is 2.45 bits per heavy atom. The van der Waals surface area contributed by atoms with E-state index in [9.17, 15) is 0 Å². The minimum absolute atomic E-state index is 0. The van der Waals surface area contributed by atoms with Gasteiger partial charge >= 0.3 is 0 Å². The molecule has 0 amide bonds. The van der Waals surface area contributed by atoms with Crippen LogP contribution in [0.2, 0.25) is 0 Å². The smallest absolute Gasteiger partial charge is 0.0481 e. The first-order chi connectivity index (χ1) is 9.76. The highest BCUT2D eigenvalue weighted by atomic mass is 35.5. The van der Waals surface area contributed by atoms with Gasteiger partial charge in [-0.1, -0.05) is 32.0 Å². The van der Waals surface area contributed by atoms with Crippen molar-refractivity contribution in [2.45, 2.75) is 26.8 Å². The fraction of sp³-hybridized carbons (Fsp3) is 0.529. The van der Waals surface area contributed by atoms with E-state index in [0.29, 0.717) is 0 Å². The lowest BCUT2D eigenvalue weighted by atomic mass is 10.2. The molecule has 126 valence electrons. The predicted molar refractivity (Wildman–Crippen MR) is 102 cm³/mol. The summed E-state index contributed by atoms with van der Waals surface area (Å²) in [5.41, 5.74) is 2.71. The van der Waals surface area contributed by atoms with Crippen LogP contribution in [0.5, 0.6) is 0 Å². The fourth-order valence-electron chi connectivity index (χ4n) is 2.76. The minimum atomic E-state index is 0. The number of hydrogen-bond acceptors (Lipinski definition) is 2. The Hall–Kier alpha value is -0.740. The summed E-state index contributed by atoms with van der Waals surface area (Å²) < 4.78 is 2.21. The summed E-state index contributed by atoms with van der Waals surface area (Å²) in [5, 5.41) is 4.94. The van der Waals surface area contributed by atoms with Gasteiger partial charge in [-0.05, 0) is 44.2 Å². The second kappa shape index (κ2) is 10.9. The first-order valence-electron chi connectivity index (χ1n) is 7.72. The van der Waals surface area contributed by atoms with Gasteiger partial charge in [-0.2, -0.15) is 0 Å². The highest BCUT2D eigenvalue weighted by molar-refractivity contribution is 5.85. The van der Waals surface area contributed by atoms with E-state index in [2.05, 4.69) is 66.1 Å². The summed E-state index contributed by atoms with van der Waals surface area (Å²) in [6, 6.07) is 8.61. The van der Waals surface area contributed by atoms with Gasteiger partial charge < -0.3 is 14.8 Å². The third-order valence-corrected chi connectivity index (χ3v) is 4.02. The highest BCUT2D eigenvalue weighted by Crippen LogP contribution is 2.19. The van der Waals surface area contributed by atoms with Crippen LogP contribution in [0, 0.1) is 0 Å². The molecule has 0 aliphatic carbocycles. The van der Waals surface area contributed by atoms with E-state index < -0.39 is 0 Å². The molecular weight excluding hydrogens is 317 g/mol. The Kier molecular flexibility index (Phi) is 10.5. The van der Waals surface area contributed by atoms with E-state index in [1.165, 1.54) is 29.4 Å². The van der Waals surface area contributed by atoms with Gasteiger partial charge in [0.1, 0.15) is 0 Å². The molecule has 1 N–H and O–H groups in total. The number of rotatable bonds is 8. The molecule has 1 aromatic heterocycles. The number of para-hydroxylation sites is 1. The van der Waals surface area contributed by atoms with Crippen molar-refractivity contribution < 1.29 is 0 Å². The van der Waals surface area contributed by atoms with Crippen LogP contribution >= 0.6 is 24.8 Å². The normalized spacial score (nSPS) is 10.5. The Bertz CT molecular complexity index is 536. The molecule has 0 fully saturated rings. The summed E-state index contributed by atoms with van der Waals surface area (Å²) in [6.45, 7) is 9.99. The molecular formula is C17H29Cl2N3. The fourth-order valence-corrected chi connectivity index (χ4v) is 2.76. The molecule has 3 nitrogen and oxygen atoms in total. The zero-order valence-corrected chi connectivity index (χ0v) is 15.5. The van der Waals surface area contributed by atoms with Crippen molar-refractivity contribution in [1.29, 1.82) is 0 Å². The Labute approximate surface area is 146 Å². The lowest BCUT2D eigenvalue weighted by Gasteiger charge is -2.17. The zero-order chi connectivity index (χ0) is 14.4. The summed E-state index contributed by atoms with van der Waals surface area (Å²) >= 11 is 0. The Morgan fingerprint density at radius 2 is 1.77 bits per heavy atom. The van der Waals surface area contributed by atoms with E-state index in [-0.39, 0.29) is 24.8 Å². The third-order valence-electron chi connectivity index (χ3n) is 4.02. The van der Waals surface area contributed by atoms with E-state index in [4.69, 9.17) is 0 Å². The van der Waals surface area contributed by atoms with Gasteiger partial charge in [0.25, 0.3) is 0 Å². The second-order valence-electron chi connectivity index (χ2n) is 5.34. The summed E-state index contributed by atoms with van der Waals surface area (Å²) in [5.74, 6) is 0. The topological polar surface area (TPSA) is 20.2 Å². The SMILES string of the molecule is CCN(CC)CCCNCc1cn(C)c2ccccc12.Cl.Cl. The van der Waals surface area contributed by atoms with Gasteiger partial charge in [-0.3, -0.25) is 0 Å². The van der Waals surface area contributed by atoms with Gasteiger partial charge in [0, 0.05) is 30.7 Å². The molecule has 2 rings (SSSR count). The number of aromatic nitrogens is 1. The minimum Gasteiger partial charge on any atom is -0.350 e. The molecule has 22 heavy (non-hydrogen) atoms. The molecule has 0 unspecified atom stereocenters. The van der Waals surface area contributed by atoms with Crippen LogP contribution in [0.1, 0.15) is 25.8 Å². The molecule has 2 aromatic rings. The van der Waals surface area contributed by atoms with Crippen LogP contribution in [0.15, 0.2) is 30.5 Å². The lowest BCUT2D eigenvalue weighted by Crippen LogP contribution is -2.27. The molecule has 1 aromatic carbocycles. The molecule has 0 atom stereocenters. The van der Waals surface area contributed by atoms with Crippen molar-refractivity contribution in [2.24, 2.45) is 7.05 Å². The first-order valence-corrected chi connectivity index (χ1v) is 7.72. The Morgan fingerprint density at radius 1 is 1.09 bits per heavy atom.